The van der Waals surface area contributed by atoms with Crippen molar-refractivity contribution in [2.24, 2.45) is 0 Å². The summed E-state index contributed by atoms with van der Waals surface area (Å²) < 4.78 is 1.83. The van der Waals surface area contributed by atoms with Gasteiger partial charge in [-0.1, -0.05) is 12.1 Å². The Morgan fingerprint density at radius 1 is 1.16 bits per heavy atom. The molecule has 1 N–H and O–H groups in total. The van der Waals surface area contributed by atoms with Gasteiger partial charge in [-0.05, 0) is 37.6 Å². The van der Waals surface area contributed by atoms with E-state index in [1.165, 1.54) is 0 Å². The van der Waals surface area contributed by atoms with Gasteiger partial charge in [-0.15, -0.1) is 5.10 Å². The van der Waals surface area contributed by atoms with Crippen LogP contribution in [0.1, 0.15) is 17.0 Å². The molecule has 5 heteroatoms. The fraction of sp³-hybridized carbons (Fsp3) is 0.214. The molecule has 3 heterocycles. The third-order valence-electron chi connectivity index (χ3n) is 2.97. The lowest BCUT2D eigenvalue weighted by Gasteiger charge is -2.01. The first-order valence-corrected chi connectivity index (χ1v) is 6.20. The van der Waals surface area contributed by atoms with Crippen LogP contribution in [0.5, 0.6) is 0 Å². The highest BCUT2D eigenvalue weighted by molar-refractivity contribution is 5.44. The van der Waals surface area contributed by atoms with Crippen molar-refractivity contribution in [3.8, 4) is 0 Å². The highest BCUT2D eigenvalue weighted by Gasteiger charge is 2.04. The summed E-state index contributed by atoms with van der Waals surface area (Å²) in [7, 11) is 0. The fourth-order valence-corrected chi connectivity index (χ4v) is 1.89. The van der Waals surface area contributed by atoms with E-state index >= 15 is 0 Å². The number of rotatable bonds is 3. The normalized spacial score (nSPS) is 10.8. The minimum Gasteiger partial charge on any atom is -0.349 e. The molecule has 0 aliphatic rings. The summed E-state index contributed by atoms with van der Waals surface area (Å²) in [5.41, 5.74) is 4.05. The predicted octanol–water partition coefficient (Wildman–Crippen LogP) is 2.35. The van der Waals surface area contributed by atoms with Crippen LogP contribution in [0.15, 0.2) is 36.5 Å². The summed E-state index contributed by atoms with van der Waals surface area (Å²) in [6.07, 6.45) is 1.86. The summed E-state index contributed by atoms with van der Waals surface area (Å²) in [6.45, 7) is 4.65. The second kappa shape index (κ2) is 4.68. The fourth-order valence-electron chi connectivity index (χ4n) is 1.89. The van der Waals surface area contributed by atoms with Crippen molar-refractivity contribution in [1.82, 2.24) is 19.6 Å². The first kappa shape index (κ1) is 11.6. The van der Waals surface area contributed by atoms with Gasteiger partial charge in [0.1, 0.15) is 0 Å². The lowest BCUT2D eigenvalue weighted by atomic mass is 10.2. The molecule has 96 valence electrons. The molecule has 5 nitrogen and oxygen atoms in total. The Bertz CT molecular complexity index is 699. The predicted molar refractivity (Wildman–Crippen MR) is 74.0 cm³/mol. The van der Waals surface area contributed by atoms with Crippen molar-refractivity contribution in [3.63, 3.8) is 0 Å². The Morgan fingerprint density at radius 2 is 2.05 bits per heavy atom. The number of fused-ring (bicyclic) bond motifs is 1. The van der Waals surface area contributed by atoms with Gasteiger partial charge in [-0.2, -0.15) is 4.98 Å². The van der Waals surface area contributed by atoms with E-state index in [0.717, 1.165) is 22.6 Å². The SMILES string of the molecule is Cc1ccc(CNc2nc3cccc(C)n3n2)cn1. The highest BCUT2D eigenvalue weighted by Crippen LogP contribution is 2.09. The van der Waals surface area contributed by atoms with Crippen molar-refractivity contribution in [1.29, 1.82) is 0 Å². The Balaban J connectivity index is 1.78. The number of hydrogen-bond donors (Lipinski definition) is 1. The molecule has 0 aliphatic carbocycles. The van der Waals surface area contributed by atoms with Crippen molar-refractivity contribution >= 4 is 11.6 Å². The van der Waals surface area contributed by atoms with Crippen LogP contribution < -0.4 is 5.32 Å². The van der Waals surface area contributed by atoms with Crippen molar-refractivity contribution in [3.05, 3.63) is 53.5 Å². The van der Waals surface area contributed by atoms with Crippen LogP contribution in [0.4, 0.5) is 5.95 Å². The zero-order chi connectivity index (χ0) is 13.2. The van der Waals surface area contributed by atoms with Crippen molar-refractivity contribution in [2.45, 2.75) is 20.4 Å². The first-order chi connectivity index (χ1) is 9.22. The molecule has 0 atom stereocenters. The van der Waals surface area contributed by atoms with Crippen LogP contribution in [-0.4, -0.2) is 19.6 Å². The van der Waals surface area contributed by atoms with Gasteiger partial charge in [0.15, 0.2) is 5.65 Å². The number of hydrogen-bond acceptors (Lipinski definition) is 4. The molecule has 0 unspecified atom stereocenters. The monoisotopic (exact) mass is 253 g/mol. The Hall–Kier alpha value is -2.43. The van der Waals surface area contributed by atoms with E-state index in [0.29, 0.717) is 12.5 Å². The molecule has 0 aromatic carbocycles. The van der Waals surface area contributed by atoms with E-state index in [-0.39, 0.29) is 0 Å². The second-order valence-electron chi connectivity index (χ2n) is 4.53. The number of nitrogens with zero attached hydrogens (tertiary/aromatic N) is 4. The standard InChI is InChI=1S/C14H15N5/c1-10-6-7-12(8-15-10)9-16-14-17-13-5-3-4-11(2)19(13)18-14/h3-8H,9H2,1-2H3,(H,16,18). The van der Waals surface area contributed by atoms with Crippen LogP contribution >= 0.6 is 0 Å². The van der Waals surface area contributed by atoms with Crippen LogP contribution in [-0.2, 0) is 6.54 Å². The van der Waals surface area contributed by atoms with Gasteiger partial charge in [-0.25, -0.2) is 4.52 Å². The van der Waals surface area contributed by atoms with E-state index in [2.05, 4.69) is 26.4 Å². The Kier molecular flexibility index (Phi) is 2.87. The Labute approximate surface area is 111 Å². The van der Waals surface area contributed by atoms with Gasteiger partial charge in [0, 0.05) is 24.1 Å². The molecule has 0 saturated carbocycles. The molecule has 0 aliphatic heterocycles. The van der Waals surface area contributed by atoms with Crippen molar-refractivity contribution in [2.75, 3.05) is 5.32 Å². The topological polar surface area (TPSA) is 55.1 Å². The molecule has 0 radical (unpaired) electrons. The number of pyridine rings is 2. The maximum atomic E-state index is 4.43. The molecule has 0 saturated heterocycles. The molecule has 3 aromatic heterocycles. The maximum Gasteiger partial charge on any atom is 0.243 e. The molecule has 3 rings (SSSR count). The zero-order valence-electron chi connectivity index (χ0n) is 11.0. The molecule has 19 heavy (non-hydrogen) atoms. The lowest BCUT2D eigenvalue weighted by molar-refractivity contribution is 0.908. The van der Waals surface area contributed by atoms with Gasteiger partial charge < -0.3 is 5.32 Å². The van der Waals surface area contributed by atoms with Gasteiger partial charge in [0.2, 0.25) is 5.95 Å². The number of anilines is 1. The molecule has 0 bridgehead atoms. The van der Waals surface area contributed by atoms with Gasteiger partial charge in [0.05, 0.1) is 0 Å². The molecule has 0 spiro atoms. The van der Waals surface area contributed by atoms with E-state index < -0.39 is 0 Å². The van der Waals surface area contributed by atoms with Crippen LogP contribution in [0.3, 0.4) is 0 Å². The summed E-state index contributed by atoms with van der Waals surface area (Å²) in [5.74, 6) is 0.634. The maximum absolute atomic E-state index is 4.43. The van der Waals surface area contributed by atoms with Gasteiger partial charge in [-0.3, -0.25) is 4.98 Å². The summed E-state index contributed by atoms with van der Waals surface area (Å²) in [4.78, 5) is 8.69. The highest BCUT2D eigenvalue weighted by atomic mass is 15.3. The van der Waals surface area contributed by atoms with Gasteiger partial charge in [0.25, 0.3) is 0 Å². The molecule has 3 aromatic rings. The van der Waals surface area contributed by atoms with Crippen LogP contribution in [0.25, 0.3) is 5.65 Å². The average Bonchev–Trinajstić information content (AvgIpc) is 2.83. The van der Waals surface area contributed by atoms with E-state index in [1.54, 1.807) is 0 Å². The van der Waals surface area contributed by atoms with Crippen molar-refractivity contribution < 1.29 is 0 Å². The first-order valence-electron chi connectivity index (χ1n) is 6.20. The summed E-state index contributed by atoms with van der Waals surface area (Å²) in [6, 6.07) is 9.98. The van der Waals surface area contributed by atoms with E-state index in [9.17, 15) is 0 Å². The number of nitrogens with one attached hydrogen (secondary N) is 1. The Morgan fingerprint density at radius 3 is 2.79 bits per heavy atom. The van der Waals surface area contributed by atoms with Crippen LogP contribution in [0.2, 0.25) is 0 Å². The summed E-state index contributed by atoms with van der Waals surface area (Å²) in [5, 5.41) is 7.63. The summed E-state index contributed by atoms with van der Waals surface area (Å²) >= 11 is 0. The average molecular weight is 253 g/mol. The number of aromatic nitrogens is 4. The number of aryl methyl sites for hydroxylation is 2. The molecular formula is C14H15N5. The smallest absolute Gasteiger partial charge is 0.243 e. The van der Waals surface area contributed by atoms with Crippen LogP contribution in [0, 0.1) is 13.8 Å². The minimum atomic E-state index is 0.634. The third kappa shape index (κ3) is 2.40. The minimum absolute atomic E-state index is 0.634. The van der Waals surface area contributed by atoms with E-state index in [1.807, 2.05) is 48.8 Å². The quantitative estimate of drug-likeness (QED) is 0.778. The largest absolute Gasteiger partial charge is 0.349 e. The third-order valence-corrected chi connectivity index (χ3v) is 2.97. The van der Waals surface area contributed by atoms with Gasteiger partial charge >= 0.3 is 0 Å². The molecule has 0 fully saturated rings. The zero-order valence-corrected chi connectivity index (χ0v) is 11.0. The van der Waals surface area contributed by atoms with E-state index in [4.69, 9.17) is 0 Å². The second-order valence-corrected chi connectivity index (χ2v) is 4.53. The molecule has 0 amide bonds. The lowest BCUT2D eigenvalue weighted by Crippen LogP contribution is -2.02. The molecular weight excluding hydrogens is 238 g/mol.